The van der Waals surface area contributed by atoms with Crippen LogP contribution in [-0.4, -0.2) is 38.9 Å². The number of benzene rings is 2. The van der Waals surface area contributed by atoms with Gasteiger partial charge in [0.15, 0.2) is 0 Å². The molecule has 2 N–H and O–H groups in total. The van der Waals surface area contributed by atoms with Crippen molar-refractivity contribution >= 4 is 44.6 Å². The van der Waals surface area contributed by atoms with E-state index in [1.54, 1.807) is 12.1 Å². The summed E-state index contributed by atoms with van der Waals surface area (Å²) >= 11 is 5.96. The first-order valence-corrected chi connectivity index (χ1v) is 9.71. The molecular formula is C16H15ClN4O5S. The van der Waals surface area contributed by atoms with E-state index in [1.165, 1.54) is 29.2 Å². The molecule has 0 atom stereocenters. The number of amides is 1. The number of nitrogens with zero attached hydrogens (tertiary/aromatic N) is 2. The lowest BCUT2D eigenvalue weighted by Gasteiger charge is -2.28. The second-order valence-electron chi connectivity index (χ2n) is 5.76. The number of para-hydroxylation sites is 1. The summed E-state index contributed by atoms with van der Waals surface area (Å²) in [5, 5.41) is 14.3. The van der Waals surface area contributed by atoms with Gasteiger partial charge in [0.05, 0.1) is 27.1 Å². The average molecular weight is 411 g/mol. The molecule has 0 aromatic heterocycles. The Morgan fingerprint density at radius 3 is 2.63 bits per heavy atom. The molecule has 11 heteroatoms. The number of carbonyl (C=O) groups is 1. The van der Waals surface area contributed by atoms with Gasteiger partial charge in [0.1, 0.15) is 5.69 Å². The molecule has 9 nitrogen and oxygen atoms in total. The molecule has 142 valence electrons. The Bertz CT molecular complexity index is 1010. The first kappa shape index (κ1) is 18.9. The Morgan fingerprint density at radius 1 is 1.22 bits per heavy atom. The lowest BCUT2D eigenvalue weighted by molar-refractivity contribution is -0.384. The number of hydrogen-bond acceptors (Lipinski definition) is 6. The third kappa shape index (κ3) is 4.12. The SMILES string of the molecule is O=C1CN(c2ccc(S(=O)(=O)Nc3ccccc3Cl)cc2[N+](=O)[O-])CCN1. The highest BCUT2D eigenvalue weighted by atomic mass is 35.5. The van der Waals surface area contributed by atoms with E-state index in [-0.39, 0.29) is 33.7 Å². The molecule has 1 amide bonds. The summed E-state index contributed by atoms with van der Waals surface area (Å²) in [6, 6.07) is 9.82. The van der Waals surface area contributed by atoms with Crippen LogP contribution < -0.4 is 14.9 Å². The van der Waals surface area contributed by atoms with Crippen LogP contribution in [0.25, 0.3) is 0 Å². The van der Waals surface area contributed by atoms with Gasteiger partial charge in [-0.25, -0.2) is 8.42 Å². The van der Waals surface area contributed by atoms with E-state index in [0.717, 1.165) is 6.07 Å². The van der Waals surface area contributed by atoms with E-state index in [9.17, 15) is 23.3 Å². The van der Waals surface area contributed by atoms with Crippen molar-refractivity contribution in [3.63, 3.8) is 0 Å². The Balaban J connectivity index is 1.97. The van der Waals surface area contributed by atoms with Crippen molar-refractivity contribution in [2.24, 2.45) is 0 Å². The predicted octanol–water partition coefficient (Wildman–Crippen LogP) is 1.99. The molecule has 0 unspecified atom stereocenters. The van der Waals surface area contributed by atoms with Crippen molar-refractivity contribution in [2.75, 3.05) is 29.3 Å². The fraction of sp³-hybridized carbons (Fsp3) is 0.188. The van der Waals surface area contributed by atoms with Crippen LogP contribution in [-0.2, 0) is 14.8 Å². The fourth-order valence-corrected chi connectivity index (χ4v) is 4.01. The molecule has 27 heavy (non-hydrogen) atoms. The number of nitro benzene ring substituents is 1. The van der Waals surface area contributed by atoms with Gasteiger partial charge in [-0.05, 0) is 24.3 Å². The normalized spacial score (nSPS) is 14.6. The number of carbonyl (C=O) groups excluding carboxylic acids is 1. The molecule has 2 aromatic rings. The number of hydrogen-bond donors (Lipinski definition) is 2. The van der Waals surface area contributed by atoms with Gasteiger partial charge in [-0.15, -0.1) is 0 Å². The first-order valence-electron chi connectivity index (χ1n) is 7.85. The molecule has 1 aliphatic heterocycles. The summed E-state index contributed by atoms with van der Waals surface area (Å²) in [6.45, 7) is 0.700. The maximum Gasteiger partial charge on any atom is 0.293 e. The first-order chi connectivity index (χ1) is 12.8. The predicted molar refractivity (Wildman–Crippen MR) is 101 cm³/mol. The van der Waals surface area contributed by atoms with Crippen molar-refractivity contribution in [3.8, 4) is 0 Å². The average Bonchev–Trinajstić information content (AvgIpc) is 2.63. The zero-order valence-corrected chi connectivity index (χ0v) is 15.5. The van der Waals surface area contributed by atoms with E-state index in [1.807, 2.05) is 0 Å². The number of nitrogens with one attached hydrogen (secondary N) is 2. The van der Waals surface area contributed by atoms with Crippen molar-refractivity contribution in [1.82, 2.24) is 5.32 Å². The molecule has 0 aliphatic carbocycles. The van der Waals surface area contributed by atoms with Crippen molar-refractivity contribution in [2.45, 2.75) is 4.90 Å². The van der Waals surface area contributed by atoms with Crippen molar-refractivity contribution < 1.29 is 18.1 Å². The minimum atomic E-state index is -4.09. The van der Waals surface area contributed by atoms with E-state index < -0.39 is 20.6 Å². The molecule has 0 spiro atoms. The molecule has 1 saturated heterocycles. The van der Waals surface area contributed by atoms with Gasteiger partial charge >= 0.3 is 0 Å². The third-order valence-corrected chi connectivity index (χ3v) is 5.64. The van der Waals surface area contributed by atoms with Crippen LogP contribution in [0.4, 0.5) is 17.1 Å². The zero-order chi connectivity index (χ0) is 19.6. The molecule has 2 aromatic carbocycles. The molecule has 3 rings (SSSR count). The number of nitro groups is 1. The molecule has 0 saturated carbocycles. The summed E-state index contributed by atoms with van der Waals surface area (Å²) in [4.78, 5) is 23.6. The second-order valence-corrected chi connectivity index (χ2v) is 7.85. The Labute approximate surface area is 160 Å². The van der Waals surface area contributed by atoms with E-state index in [2.05, 4.69) is 10.0 Å². The Morgan fingerprint density at radius 2 is 1.96 bits per heavy atom. The summed E-state index contributed by atoms with van der Waals surface area (Å²) in [6.07, 6.45) is 0. The van der Waals surface area contributed by atoms with Gasteiger partial charge in [0.25, 0.3) is 15.7 Å². The summed E-state index contributed by atoms with van der Waals surface area (Å²) in [7, 11) is -4.09. The maximum absolute atomic E-state index is 12.6. The second kappa shape index (κ2) is 7.41. The minimum absolute atomic E-state index is 0.0369. The van der Waals surface area contributed by atoms with Crippen LogP contribution in [0.5, 0.6) is 0 Å². The Hall–Kier alpha value is -2.85. The lowest BCUT2D eigenvalue weighted by Crippen LogP contribution is -2.47. The van der Waals surface area contributed by atoms with E-state index in [0.29, 0.717) is 13.1 Å². The summed E-state index contributed by atoms with van der Waals surface area (Å²) in [5.74, 6) is -0.257. The maximum atomic E-state index is 12.6. The van der Waals surface area contributed by atoms with E-state index in [4.69, 9.17) is 11.6 Å². The highest BCUT2D eigenvalue weighted by Crippen LogP contribution is 2.32. The number of anilines is 2. The van der Waals surface area contributed by atoms with Gasteiger partial charge in [-0.1, -0.05) is 23.7 Å². The van der Waals surface area contributed by atoms with Crippen LogP contribution in [0.15, 0.2) is 47.4 Å². The van der Waals surface area contributed by atoms with Gasteiger partial charge in [0.2, 0.25) is 5.91 Å². The standard InChI is InChI=1S/C16H15ClN4O5S/c17-12-3-1-2-4-13(12)19-27(25,26)11-5-6-14(15(9-11)21(23)24)20-8-7-18-16(22)10-20/h1-6,9,19H,7-8,10H2,(H,18,22). The molecule has 0 radical (unpaired) electrons. The van der Waals surface area contributed by atoms with Crippen LogP contribution in [0.1, 0.15) is 0 Å². The molecule has 1 aliphatic rings. The van der Waals surface area contributed by atoms with Crippen LogP contribution in [0.3, 0.4) is 0 Å². The molecular weight excluding hydrogens is 396 g/mol. The molecule has 1 heterocycles. The van der Waals surface area contributed by atoms with Gasteiger partial charge in [-0.2, -0.15) is 0 Å². The van der Waals surface area contributed by atoms with Gasteiger partial charge in [0, 0.05) is 19.2 Å². The monoisotopic (exact) mass is 410 g/mol. The number of halogens is 1. The van der Waals surface area contributed by atoms with Crippen LogP contribution in [0, 0.1) is 10.1 Å². The van der Waals surface area contributed by atoms with Crippen LogP contribution >= 0.6 is 11.6 Å². The summed E-state index contributed by atoms with van der Waals surface area (Å²) in [5.41, 5.74) is -0.0446. The summed E-state index contributed by atoms with van der Waals surface area (Å²) < 4.78 is 27.5. The largest absolute Gasteiger partial charge is 0.355 e. The molecule has 0 bridgehead atoms. The van der Waals surface area contributed by atoms with Crippen molar-refractivity contribution in [3.05, 3.63) is 57.6 Å². The Kier molecular flexibility index (Phi) is 5.19. The quantitative estimate of drug-likeness (QED) is 0.574. The van der Waals surface area contributed by atoms with E-state index >= 15 is 0 Å². The fourth-order valence-electron chi connectivity index (χ4n) is 2.68. The number of piperazine rings is 1. The molecule has 1 fully saturated rings. The lowest BCUT2D eigenvalue weighted by atomic mass is 10.2. The number of sulfonamides is 1. The van der Waals surface area contributed by atoms with Crippen LogP contribution in [0.2, 0.25) is 5.02 Å². The number of rotatable bonds is 5. The topological polar surface area (TPSA) is 122 Å². The van der Waals surface area contributed by atoms with Gasteiger partial charge < -0.3 is 10.2 Å². The zero-order valence-electron chi connectivity index (χ0n) is 13.9. The highest BCUT2D eigenvalue weighted by Gasteiger charge is 2.27. The smallest absolute Gasteiger partial charge is 0.293 e. The van der Waals surface area contributed by atoms with Crippen molar-refractivity contribution in [1.29, 1.82) is 0 Å². The highest BCUT2D eigenvalue weighted by molar-refractivity contribution is 7.92. The third-order valence-electron chi connectivity index (χ3n) is 3.95. The minimum Gasteiger partial charge on any atom is -0.355 e. The van der Waals surface area contributed by atoms with Gasteiger partial charge in [-0.3, -0.25) is 19.6 Å².